The molecular formula is C15H26BrNOS. The lowest BCUT2D eigenvalue weighted by Gasteiger charge is -2.23. The van der Waals surface area contributed by atoms with Gasteiger partial charge in [0.05, 0.1) is 6.61 Å². The van der Waals surface area contributed by atoms with Crippen molar-refractivity contribution in [2.45, 2.75) is 58.6 Å². The van der Waals surface area contributed by atoms with Crippen LogP contribution < -0.4 is 5.73 Å². The SMILES string of the molecule is CCCCC(CC)COC(c1cc(Br)cs1)C(C)N. The van der Waals surface area contributed by atoms with Gasteiger partial charge in [-0.3, -0.25) is 0 Å². The van der Waals surface area contributed by atoms with Crippen molar-refractivity contribution < 1.29 is 4.74 Å². The number of hydrogen-bond acceptors (Lipinski definition) is 3. The Balaban J connectivity index is 2.54. The molecule has 19 heavy (non-hydrogen) atoms. The minimum Gasteiger partial charge on any atom is -0.371 e. The maximum absolute atomic E-state index is 6.12. The molecule has 1 heterocycles. The number of rotatable bonds is 9. The lowest BCUT2D eigenvalue weighted by Crippen LogP contribution is -2.28. The summed E-state index contributed by atoms with van der Waals surface area (Å²) in [6, 6.07) is 2.14. The zero-order valence-electron chi connectivity index (χ0n) is 12.2. The summed E-state index contributed by atoms with van der Waals surface area (Å²) in [6.07, 6.45) is 5.00. The van der Waals surface area contributed by atoms with Crippen LogP contribution in [0.3, 0.4) is 0 Å². The van der Waals surface area contributed by atoms with Crippen molar-refractivity contribution in [3.63, 3.8) is 0 Å². The third-order valence-electron chi connectivity index (χ3n) is 3.40. The number of ether oxygens (including phenoxy) is 1. The second kappa shape index (κ2) is 9.11. The molecule has 0 saturated carbocycles. The minimum atomic E-state index is 0.0203. The molecule has 3 unspecified atom stereocenters. The van der Waals surface area contributed by atoms with Crippen molar-refractivity contribution in [2.75, 3.05) is 6.61 Å². The van der Waals surface area contributed by atoms with Gasteiger partial charge in [-0.1, -0.05) is 33.1 Å². The highest BCUT2D eigenvalue weighted by Crippen LogP contribution is 2.30. The van der Waals surface area contributed by atoms with Gasteiger partial charge in [0, 0.05) is 20.8 Å². The van der Waals surface area contributed by atoms with Crippen LogP contribution in [0.15, 0.2) is 15.9 Å². The molecule has 0 aromatic carbocycles. The monoisotopic (exact) mass is 347 g/mol. The molecule has 110 valence electrons. The van der Waals surface area contributed by atoms with E-state index >= 15 is 0 Å². The van der Waals surface area contributed by atoms with Crippen LogP contribution in [0.2, 0.25) is 0 Å². The van der Waals surface area contributed by atoms with E-state index in [1.54, 1.807) is 11.3 Å². The van der Waals surface area contributed by atoms with E-state index in [2.05, 4.69) is 41.2 Å². The number of unbranched alkanes of at least 4 members (excludes halogenated alkanes) is 1. The highest BCUT2D eigenvalue weighted by Gasteiger charge is 2.20. The standard InChI is InChI=1S/C15H26BrNOS/c1-4-6-7-12(5-2)9-18-15(11(3)17)14-8-13(16)10-19-14/h8,10-12,15H,4-7,9,17H2,1-3H3. The Morgan fingerprint density at radius 3 is 2.63 bits per heavy atom. The molecule has 0 bridgehead atoms. The predicted octanol–water partition coefficient (Wildman–Crippen LogP) is 5.13. The minimum absolute atomic E-state index is 0.0203. The van der Waals surface area contributed by atoms with Gasteiger partial charge in [0.1, 0.15) is 6.10 Å². The Morgan fingerprint density at radius 1 is 1.42 bits per heavy atom. The predicted molar refractivity (Wildman–Crippen MR) is 87.7 cm³/mol. The third kappa shape index (κ3) is 5.94. The van der Waals surface area contributed by atoms with Gasteiger partial charge in [-0.15, -0.1) is 11.3 Å². The van der Waals surface area contributed by atoms with E-state index < -0.39 is 0 Å². The highest BCUT2D eigenvalue weighted by molar-refractivity contribution is 9.10. The summed E-state index contributed by atoms with van der Waals surface area (Å²) >= 11 is 5.20. The molecular weight excluding hydrogens is 322 g/mol. The maximum Gasteiger partial charge on any atom is 0.106 e. The molecule has 0 aliphatic rings. The summed E-state index contributed by atoms with van der Waals surface area (Å²) in [5, 5.41) is 2.09. The van der Waals surface area contributed by atoms with Crippen LogP contribution in [0.25, 0.3) is 0 Å². The molecule has 1 aromatic heterocycles. The topological polar surface area (TPSA) is 35.2 Å². The molecule has 4 heteroatoms. The fourth-order valence-corrected chi connectivity index (χ4v) is 3.72. The molecule has 0 amide bonds. The van der Waals surface area contributed by atoms with E-state index in [9.17, 15) is 0 Å². The van der Waals surface area contributed by atoms with Crippen molar-refractivity contribution in [2.24, 2.45) is 11.7 Å². The van der Waals surface area contributed by atoms with Crippen molar-refractivity contribution in [1.29, 1.82) is 0 Å². The molecule has 0 aliphatic carbocycles. The van der Waals surface area contributed by atoms with Gasteiger partial charge in [0.25, 0.3) is 0 Å². The van der Waals surface area contributed by atoms with Crippen LogP contribution in [0, 0.1) is 5.92 Å². The molecule has 0 saturated heterocycles. The van der Waals surface area contributed by atoms with E-state index in [-0.39, 0.29) is 12.1 Å². The zero-order chi connectivity index (χ0) is 14.3. The quantitative estimate of drug-likeness (QED) is 0.671. The van der Waals surface area contributed by atoms with Gasteiger partial charge in [0.2, 0.25) is 0 Å². The summed E-state index contributed by atoms with van der Waals surface area (Å²) in [5.41, 5.74) is 6.07. The van der Waals surface area contributed by atoms with Crippen molar-refractivity contribution in [3.8, 4) is 0 Å². The average Bonchev–Trinajstić information content (AvgIpc) is 2.79. The summed E-state index contributed by atoms with van der Waals surface area (Å²) in [6.45, 7) is 7.32. The highest BCUT2D eigenvalue weighted by atomic mass is 79.9. The number of halogens is 1. The van der Waals surface area contributed by atoms with Crippen LogP contribution in [0.1, 0.15) is 57.4 Å². The first-order valence-corrected chi connectivity index (χ1v) is 8.86. The molecule has 1 aromatic rings. The maximum atomic E-state index is 6.12. The van der Waals surface area contributed by atoms with Crippen LogP contribution >= 0.6 is 27.3 Å². The number of hydrogen-bond donors (Lipinski definition) is 1. The van der Waals surface area contributed by atoms with Crippen LogP contribution in [-0.4, -0.2) is 12.6 Å². The summed E-state index contributed by atoms with van der Waals surface area (Å²) in [5.74, 6) is 0.657. The normalized spacial score (nSPS) is 16.3. The fraction of sp³-hybridized carbons (Fsp3) is 0.733. The Kier molecular flexibility index (Phi) is 8.23. The van der Waals surface area contributed by atoms with Gasteiger partial charge in [-0.2, -0.15) is 0 Å². The van der Waals surface area contributed by atoms with E-state index in [0.717, 1.165) is 11.1 Å². The first kappa shape index (κ1) is 17.2. The van der Waals surface area contributed by atoms with Crippen LogP contribution in [0.4, 0.5) is 0 Å². The summed E-state index contributed by atoms with van der Waals surface area (Å²) in [4.78, 5) is 1.22. The van der Waals surface area contributed by atoms with E-state index in [1.165, 1.54) is 30.6 Å². The van der Waals surface area contributed by atoms with Gasteiger partial charge in [0.15, 0.2) is 0 Å². The molecule has 0 spiro atoms. The molecule has 2 N–H and O–H groups in total. The fourth-order valence-electron chi connectivity index (χ4n) is 2.11. The second-order valence-electron chi connectivity index (χ2n) is 5.20. The van der Waals surface area contributed by atoms with Gasteiger partial charge < -0.3 is 10.5 Å². The second-order valence-corrected chi connectivity index (χ2v) is 7.06. The smallest absolute Gasteiger partial charge is 0.106 e. The van der Waals surface area contributed by atoms with Crippen molar-refractivity contribution in [3.05, 3.63) is 20.8 Å². The van der Waals surface area contributed by atoms with Crippen LogP contribution in [0.5, 0.6) is 0 Å². The number of thiophene rings is 1. The van der Waals surface area contributed by atoms with Gasteiger partial charge in [-0.05, 0) is 41.3 Å². The Labute approximate surface area is 129 Å². The Bertz CT molecular complexity index is 354. The van der Waals surface area contributed by atoms with E-state index in [1.807, 2.05) is 6.92 Å². The molecule has 1 rings (SSSR count). The summed E-state index contributed by atoms with van der Waals surface area (Å²) in [7, 11) is 0. The lowest BCUT2D eigenvalue weighted by molar-refractivity contribution is 0.0148. The van der Waals surface area contributed by atoms with E-state index in [0.29, 0.717) is 5.92 Å². The van der Waals surface area contributed by atoms with Gasteiger partial charge >= 0.3 is 0 Å². The number of nitrogens with two attached hydrogens (primary N) is 1. The zero-order valence-corrected chi connectivity index (χ0v) is 14.6. The van der Waals surface area contributed by atoms with Crippen LogP contribution in [-0.2, 0) is 4.74 Å². The first-order chi connectivity index (χ1) is 9.08. The molecule has 0 radical (unpaired) electrons. The lowest BCUT2D eigenvalue weighted by atomic mass is 10.0. The summed E-state index contributed by atoms with van der Waals surface area (Å²) < 4.78 is 7.23. The van der Waals surface area contributed by atoms with Crippen molar-refractivity contribution in [1.82, 2.24) is 0 Å². The third-order valence-corrected chi connectivity index (χ3v) is 5.16. The Hall–Kier alpha value is 0.1000. The van der Waals surface area contributed by atoms with Gasteiger partial charge in [-0.25, -0.2) is 0 Å². The van der Waals surface area contributed by atoms with Crippen molar-refractivity contribution >= 4 is 27.3 Å². The Morgan fingerprint density at radius 2 is 2.16 bits per heavy atom. The van der Waals surface area contributed by atoms with E-state index in [4.69, 9.17) is 10.5 Å². The largest absolute Gasteiger partial charge is 0.371 e. The first-order valence-electron chi connectivity index (χ1n) is 7.19. The average molecular weight is 348 g/mol. The molecule has 2 nitrogen and oxygen atoms in total. The molecule has 0 fully saturated rings. The molecule has 0 aliphatic heterocycles. The molecule has 3 atom stereocenters.